The molecular weight excluding hydrogens is 640 g/mol. The summed E-state index contributed by atoms with van der Waals surface area (Å²) in [6.45, 7) is 5.64. The van der Waals surface area contributed by atoms with Gasteiger partial charge in [-0.3, -0.25) is 19.4 Å². The lowest BCUT2D eigenvalue weighted by atomic mass is 9.69. The van der Waals surface area contributed by atoms with E-state index < -0.39 is 6.10 Å². The topological polar surface area (TPSA) is 100 Å². The Kier molecular flexibility index (Phi) is 8.72. The van der Waals surface area contributed by atoms with Crippen LogP contribution in [0.25, 0.3) is 21.8 Å². The van der Waals surface area contributed by atoms with Gasteiger partial charge in [-0.15, -0.1) is 0 Å². The molecule has 0 saturated carbocycles. The summed E-state index contributed by atoms with van der Waals surface area (Å²) >= 11 is 0. The molecule has 0 spiro atoms. The molecule has 8 rings (SSSR count). The molecule has 2 aliphatic carbocycles. The minimum Gasteiger partial charge on any atom is -0.469 e. The molecule has 4 aromatic rings. The van der Waals surface area contributed by atoms with Crippen molar-refractivity contribution in [2.45, 2.75) is 63.8 Å². The largest absolute Gasteiger partial charge is 0.469 e. The minimum absolute atomic E-state index is 0.0258. The highest BCUT2D eigenvalue weighted by Crippen LogP contribution is 2.51. The summed E-state index contributed by atoms with van der Waals surface area (Å²) in [7, 11) is 7.21. The van der Waals surface area contributed by atoms with Crippen LogP contribution >= 0.6 is 0 Å². The molecule has 2 aliphatic heterocycles. The number of aliphatic hydroxyl groups is 1. The number of aromatic nitrogens is 2. The third-order valence-electron chi connectivity index (χ3n) is 13.0. The summed E-state index contributed by atoms with van der Waals surface area (Å²) in [4.78, 5) is 35.9. The van der Waals surface area contributed by atoms with E-state index in [1.54, 1.807) is 0 Å². The van der Waals surface area contributed by atoms with Gasteiger partial charge in [0.05, 0.1) is 43.9 Å². The fourth-order valence-electron chi connectivity index (χ4n) is 10.6. The number of para-hydroxylation sites is 2. The first-order valence-corrected chi connectivity index (χ1v) is 18.5. The number of allylic oxidation sites excluding steroid dienone is 2. The number of benzene rings is 2. The van der Waals surface area contributed by atoms with Crippen LogP contribution in [0.3, 0.4) is 0 Å². The second-order valence-electron chi connectivity index (χ2n) is 15.2. The number of ether oxygens (including phenoxy) is 2. The second-order valence-corrected chi connectivity index (χ2v) is 15.2. The molecule has 4 aliphatic rings. The second kappa shape index (κ2) is 13.1. The molecule has 2 fully saturated rings. The first-order valence-electron chi connectivity index (χ1n) is 18.5. The maximum Gasteiger partial charge on any atom is 0.310 e. The summed E-state index contributed by atoms with van der Waals surface area (Å²) < 4.78 is 13.4. The molecule has 4 heterocycles. The van der Waals surface area contributed by atoms with Gasteiger partial charge in [0.1, 0.15) is 0 Å². The third kappa shape index (κ3) is 5.22. The highest BCUT2D eigenvalue weighted by Gasteiger charge is 2.50. The Morgan fingerprint density at radius 3 is 1.94 bits per heavy atom. The van der Waals surface area contributed by atoms with Crippen LogP contribution in [0.15, 0.2) is 71.8 Å². The van der Waals surface area contributed by atoms with E-state index in [1.807, 2.05) is 6.92 Å². The number of hydrogen-bond donors (Lipinski definition) is 2. The summed E-state index contributed by atoms with van der Waals surface area (Å²) in [5.74, 6) is -1.33. The van der Waals surface area contributed by atoms with E-state index in [2.05, 4.69) is 101 Å². The number of aliphatic hydroxyl groups excluding tert-OH is 1. The van der Waals surface area contributed by atoms with Crippen LogP contribution in [0, 0.1) is 23.7 Å². The van der Waals surface area contributed by atoms with E-state index in [4.69, 9.17) is 9.47 Å². The highest BCUT2D eigenvalue weighted by molar-refractivity contribution is 5.88. The van der Waals surface area contributed by atoms with E-state index in [-0.39, 0.29) is 53.7 Å². The molecule has 4 bridgehead atoms. The van der Waals surface area contributed by atoms with Crippen LogP contribution in [0.1, 0.15) is 61.3 Å². The zero-order valence-electron chi connectivity index (χ0n) is 30.6. The molecule has 268 valence electrons. The van der Waals surface area contributed by atoms with Crippen molar-refractivity contribution in [1.82, 2.24) is 19.4 Å². The number of hydrogen-bond acceptors (Lipinski definition) is 7. The van der Waals surface area contributed by atoms with Crippen LogP contribution in [0.4, 0.5) is 0 Å². The first kappa shape index (κ1) is 33.9. The van der Waals surface area contributed by atoms with E-state index >= 15 is 0 Å². The van der Waals surface area contributed by atoms with Crippen molar-refractivity contribution < 1.29 is 24.2 Å². The third-order valence-corrected chi connectivity index (χ3v) is 13.0. The number of likely N-dealkylation sites (tertiary alicyclic amines) is 2. The van der Waals surface area contributed by atoms with Gasteiger partial charge < -0.3 is 24.1 Å². The van der Waals surface area contributed by atoms with Crippen LogP contribution in [-0.2, 0) is 31.9 Å². The molecule has 2 N–H and O–H groups in total. The van der Waals surface area contributed by atoms with Gasteiger partial charge in [-0.25, -0.2) is 0 Å². The van der Waals surface area contributed by atoms with Gasteiger partial charge in [0.2, 0.25) is 0 Å². The smallest absolute Gasteiger partial charge is 0.310 e. The van der Waals surface area contributed by atoms with Crippen molar-refractivity contribution in [1.29, 1.82) is 0 Å². The Labute approximate surface area is 299 Å². The number of carbonyl (C=O) groups excluding carboxylic acids is 2. The van der Waals surface area contributed by atoms with Crippen LogP contribution < -0.4 is 0 Å². The van der Waals surface area contributed by atoms with E-state index in [0.29, 0.717) is 25.7 Å². The lowest BCUT2D eigenvalue weighted by Crippen LogP contribution is -2.54. The van der Waals surface area contributed by atoms with Crippen molar-refractivity contribution in [2.24, 2.45) is 23.7 Å². The number of esters is 2. The molecule has 9 heteroatoms. The van der Waals surface area contributed by atoms with Gasteiger partial charge in [0.15, 0.2) is 0 Å². The summed E-state index contributed by atoms with van der Waals surface area (Å²) in [6.07, 6.45) is 5.87. The van der Waals surface area contributed by atoms with Gasteiger partial charge in [-0.1, -0.05) is 59.7 Å². The molecule has 0 unspecified atom stereocenters. The number of H-pyrrole nitrogens is 1. The molecular formula is C42H50N4O5. The standard InChI is InChI=1S/C42H50N4O5/c1-7-23-21-44(3)33-18-29-25-13-9-11-15-31(25)43-39(29)35(17-27(23)37(33)41(48)50-5)46-32-16-12-10-14-26(32)30-19-34-38(42(49)51-6)28(20-36(47)40(30)46)24(8-2)22-45(34)4/h7-16,27-28,33-38,43,47H,17-22H2,1-6H3/b23-7-,24-8-/t27-,28-,33+,34+,35-,36-,37+,38+/m1/s1. The van der Waals surface area contributed by atoms with Gasteiger partial charge in [0.25, 0.3) is 0 Å². The number of likely N-dealkylation sites (N-methyl/N-ethyl adjacent to an activating group) is 2. The molecule has 51 heavy (non-hydrogen) atoms. The summed E-state index contributed by atoms with van der Waals surface area (Å²) in [5.41, 5.74) is 8.88. The molecule has 0 amide bonds. The Hall–Kier alpha value is -4.18. The lowest BCUT2D eigenvalue weighted by molar-refractivity contribution is -0.152. The van der Waals surface area contributed by atoms with E-state index in [9.17, 15) is 14.7 Å². The van der Waals surface area contributed by atoms with Gasteiger partial charge in [-0.2, -0.15) is 0 Å². The lowest BCUT2D eigenvalue weighted by Gasteiger charge is -2.47. The number of fused-ring (bicyclic) bond motifs is 10. The van der Waals surface area contributed by atoms with Crippen molar-refractivity contribution in [3.8, 4) is 0 Å². The van der Waals surface area contributed by atoms with Gasteiger partial charge >= 0.3 is 11.9 Å². The number of piperidine rings is 2. The molecule has 0 radical (unpaired) electrons. The quantitative estimate of drug-likeness (QED) is 0.202. The Bertz CT molecular complexity index is 2070. The van der Waals surface area contributed by atoms with Gasteiger partial charge in [-0.05, 0) is 88.7 Å². The molecule has 2 aromatic carbocycles. The zero-order valence-corrected chi connectivity index (χ0v) is 30.6. The maximum absolute atomic E-state index is 13.9. The van der Waals surface area contributed by atoms with E-state index in [1.165, 1.54) is 30.7 Å². The minimum atomic E-state index is -0.829. The molecule has 9 nitrogen and oxygen atoms in total. The number of methoxy groups -OCH3 is 2. The fraction of sp³-hybridized carbons (Fsp3) is 0.476. The monoisotopic (exact) mass is 690 g/mol. The van der Waals surface area contributed by atoms with Crippen molar-refractivity contribution in [3.05, 3.63) is 94.3 Å². The average molecular weight is 691 g/mol. The van der Waals surface area contributed by atoms with Gasteiger partial charge in [0, 0.05) is 52.7 Å². The predicted molar refractivity (Wildman–Crippen MR) is 198 cm³/mol. The Morgan fingerprint density at radius 2 is 1.33 bits per heavy atom. The number of nitrogens with one attached hydrogen (secondary N) is 1. The zero-order chi connectivity index (χ0) is 35.7. The van der Waals surface area contributed by atoms with E-state index in [0.717, 1.165) is 52.0 Å². The fourth-order valence-corrected chi connectivity index (χ4v) is 10.6. The van der Waals surface area contributed by atoms with Crippen LogP contribution in [0.5, 0.6) is 0 Å². The van der Waals surface area contributed by atoms with Crippen LogP contribution in [0.2, 0.25) is 0 Å². The number of aromatic amines is 1. The maximum atomic E-state index is 13.9. The summed E-state index contributed by atoms with van der Waals surface area (Å²) in [5, 5.41) is 14.9. The number of carbonyl (C=O) groups is 2. The Balaban J connectivity index is 1.41. The van der Waals surface area contributed by atoms with Crippen molar-refractivity contribution in [3.63, 3.8) is 0 Å². The molecule has 2 saturated heterocycles. The molecule has 2 aromatic heterocycles. The normalized spacial score (nSPS) is 31.4. The highest BCUT2D eigenvalue weighted by atomic mass is 16.5. The average Bonchev–Trinajstić information content (AvgIpc) is 3.65. The first-order chi connectivity index (χ1) is 24.7. The summed E-state index contributed by atoms with van der Waals surface area (Å²) in [6, 6.07) is 16.6. The van der Waals surface area contributed by atoms with Crippen LogP contribution in [-0.4, -0.2) is 89.9 Å². The number of nitrogens with zero attached hydrogens (tertiary/aromatic N) is 3. The predicted octanol–water partition coefficient (Wildman–Crippen LogP) is 5.97. The SMILES string of the molecule is C/C=C1/CN(C)[C@H]2Cc3c([nH]c4ccccc34)[C@H](n3c4c(c5ccccc53)C[C@H]3[C@@H](C(=O)OC)[C@H](C[C@H]4O)/C(=C\C)CN3C)C[C@H]1[C@@H]2C(=O)OC. The Morgan fingerprint density at radius 1 is 0.784 bits per heavy atom. The van der Waals surface area contributed by atoms with Crippen molar-refractivity contribution >= 4 is 33.7 Å². The molecule has 8 atom stereocenters. The van der Waals surface area contributed by atoms with Crippen molar-refractivity contribution in [2.75, 3.05) is 41.4 Å². The number of rotatable bonds is 3.